The molecule has 0 atom stereocenters. The van der Waals surface area contributed by atoms with Gasteiger partial charge in [0.1, 0.15) is 11.5 Å². The van der Waals surface area contributed by atoms with Crippen molar-refractivity contribution >= 4 is 11.6 Å². The van der Waals surface area contributed by atoms with Crippen LogP contribution in [-0.2, 0) is 6.54 Å². The van der Waals surface area contributed by atoms with Gasteiger partial charge in [0, 0.05) is 12.2 Å². The second kappa shape index (κ2) is 5.71. The maximum atomic E-state index is 12.1. The largest absolute Gasteiger partial charge is 0.466 e. The normalized spacial score (nSPS) is 10.5. The minimum Gasteiger partial charge on any atom is -0.466 e. The second-order valence-corrected chi connectivity index (χ2v) is 4.51. The lowest BCUT2D eigenvalue weighted by Gasteiger charge is -2.05. The Morgan fingerprint density at radius 1 is 1.21 bits per heavy atom. The van der Waals surface area contributed by atoms with Crippen LogP contribution in [0.2, 0.25) is 0 Å². The molecule has 0 fully saturated rings. The summed E-state index contributed by atoms with van der Waals surface area (Å²) in [5.41, 5.74) is 2.54. The summed E-state index contributed by atoms with van der Waals surface area (Å²) in [4.78, 5) is 12.1. The molecule has 0 spiro atoms. The highest BCUT2D eigenvalue weighted by Gasteiger charge is 2.13. The van der Waals surface area contributed by atoms with Crippen LogP contribution in [-0.4, -0.2) is 13.0 Å². The average Bonchev–Trinajstić information content (AvgIpc) is 2.71. The van der Waals surface area contributed by atoms with Crippen molar-refractivity contribution in [3.63, 3.8) is 0 Å². The summed E-state index contributed by atoms with van der Waals surface area (Å²) in [6.45, 7) is 4.43. The third-order valence-electron chi connectivity index (χ3n) is 2.88. The van der Waals surface area contributed by atoms with Gasteiger partial charge in [-0.05, 0) is 44.7 Å². The molecular formula is C15H18N2O2. The number of amides is 1. The van der Waals surface area contributed by atoms with Gasteiger partial charge in [-0.1, -0.05) is 12.1 Å². The summed E-state index contributed by atoms with van der Waals surface area (Å²) in [7, 11) is 1.90. The molecule has 0 bridgehead atoms. The van der Waals surface area contributed by atoms with Crippen molar-refractivity contribution in [2.24, 2.45) is 0 Å². The zero-order valence-electron chi connectivity index (χ0n) is 11.4. The molecule has 1 amide bonds. The van der Waals surface area contributed by atoms with Crippen LogP contribution in [0.1, 0.15) is 27.4 Å². The van der Waals surface area contributed by atoms with Crippen LogP contribution in [0.3, 0.4) is 0 Å². The number of hydrogen-bond acceptors (Lipinski definition) is 3. The average molecular weight is 258 g/mol. The summed E-state index contributed by atoms with van der Waals surface area (Å²) >= 11 is 0. The molecule has 0 aliphatic heterocycles. The Hall–Kier alpha value is -2.07. The Morgan fingerprint density at radius 2 is 1.89 bits per heavy atom. The summed E-state index contributed by atoms with van der Waals surface area (Å²) in [5, 5.41) is 5.94. The van der Waals surface area contributed by atoms with Crippen LogP contribution in [0.25, 0.3) is 0 Å². The van der Waals surface area contributed by atoms with Gasteiger partial charge in [-0.3, -0.25) is 4.79 Å². The number of benzene rings is 1. The van der Waals surface area contributed by atoms with Gasteiger partial charge in [0.2, 0.25) is 0 Å². The van der Waals surface area contributed by atoms with Gasteiger partial charge < -0.3 is 15.1 Å². The van der Waals surface area contributed by atoms with Crippen LogP contribution >= 0.6 is 0 Å². The van der Waals surface area contributed by atoms with E-state index in [-0.39, 0.29) is 5.91 Å². The van der Waals surface area contributed by atoms with Crippen molar-refractivity contribution in [2.75, 3.05) is 12.4 Å². The first-order chi connectivity index (χ1) is 9.10. The highest BCUT2D eigenvalue weighted by Crippen LogP contribution is 2.16. The predicted molar refractivity (Wildman–Crippen MR) is 75.3 cm³/mol. The number of carbonyl (C=O) groups is 1. The Labute approximate surface area is 112 Å². The molecular weight excluding hydrogens is 240 g/mol. The smallest absolute Gasteiger partial charge is 0.259 e. The first kappa shape index (κ1) is 13.4. The maximum Gasteiger partial charge on any atom is 0.259 e. The molecule has 19 heavy (non-hydrogen) atoms. The molecule has 4 heteroatoms. The van der Waals surface area contributed by atoms with Crippen LogP contribution in [0.15, 0.2) is 34.7 Å². The predicted octanol–water partition coefficient (Wildman–Crippen LogP) is 2.87. The fourth-order valence-electron chi connectivity index (χ4n) is 1.96. The molecule has 1 aromatic carbocycles. The highest BCUT2D eigenvalue weighted by atomic mass is 16.3. The van der Waals surface area contributed by atoms with E-state index in [1.54, 1.807) is 13.0 Å². The molecule has 0 saturated carbocycles. The molecule has 100 valence electrons. The lowest BCUT2D eigenvalue weighted by molar-refractivity contribution is 0.102. The Bertz CT molecular complexity index is 570. The summed E-state index contributed by atoms with van der Waals surface area (Å²) in [6, 6.07) is 9.51. The van der Waals surface area contributed by atoms with Crippen molar-refractivity contribution in [2.45, 2.75) is 20.4 Å². The summed E-state index contributed by atoms with van der Waals surface area (Å²) < 4.78 is 5.36. The third kappa shape index (κ3) is 3.23. The Kier molecular flexibility index (Phi) is 4.02. The number of furan rings is 1. The Balaban J connectivity index is 2.08. The topological polar surface area (TPSA) is 54.3 Å². The van der Waals surface area contributed by atoms with Crippen molar-refractivity contribution < 1.29 is 9.21 Å². The molecule has 0 saturated heterocycles. The molecule has 0 unspecified atom stereocenters. The van der Waals surface area contributed by atoms with Gasteiger partial charge in [0.25, 0.3) is 5.91 Å². The molecule has 0 aliphatic carbocycles. The number of nitrogens with one attached hydrogen (secondary N) is 2. The molecule has 2 N–H and O–H groups in total. The fourth-order valence-corrected chi connectivity index (χ4v) is 1.96. The van der Waals surface area contributed by atoms with Gasteiger partial charge in [-0.25, -0.2) is 0 Å². The maximum absolute atomic E-state index is 12.1. The molecule has 0 aliphatic rings. The van der Waals surface area contributed by atoms with E-state index < -0.39 is 0 Å². The van der Waals surface area contributed by atoms with Crippen molar-refractivity contribution in [1.29, 1.82) is 0 Å². The lowest BCUT2D eigenvalue weighted by atomic mass is 10.2. The van der Waals surface area contributed by atoms with Crippen LogP contribution in [0.4, 0.5) is 5.69 Å². The van der Waals surface area contributed by atoms with E-state index >= 15 is 0 Å². The zero-order valence-corrected chi connectivity index (χ0v) is 11.4. The lowest BCUT2D eigenvalue weighted by Crippen LogP contribution is -2.12. The van der Waals surface area contributed by atoms with E-state index in [1.807, 2.05) is 38.2 Å². The van der Waals surface area contributed by atoms with Gasteiger partial charge in [-0.2, -0.15) is 0 Å². The first-order valence-electron chi connectivity index (χ1n) is 6.22. The minimum atomic E-state index is -0.143. The molecule has 2 aromatic rings. The molecule has 1 aromatic heterocycles. The van der Waals surface area contributed by atoms with Crippen molar-refractivity contribution in [3.8, 4) is 0 Å². The number of hydrogen-bond donors (Lipinski definition) is 2. The SMILES string of the molecule is CNCc1ccc(NC(=O)c2cc(C)oc2C)cc1. The summed E-state index contributed by atoms with van der Waals surface area (Å²) in [5.74, 6) is 1.24. The van der Waals surface area contributed by atoms with Crippen molar-refractivity contribution in [3.05, 3.63) is 53.0 Å². The Morgan fingerprint density at radius 3 is 2.42 bits per heavy atom. The van der Waals surface area contributed by atoms with E-state index in [2.05, 4.69) is 10.6 Å². The van der Waals surface area contributed by atoms with Crippen molar-refractivity contribution in [1.82, 2.24) is 5.32 Å². The first-order valence-corrected chi connectivity index (χ1v) is 6.22. The van der Waals surface area contributed by atoms with E-state index in [4.69, 9.17) is 4.42 Å². The quantitative estimate of drug-likeness (QED) is 0.886. The fraction of sp³-hybridized carbons (Fsp3) is 0.267. The molecule has 0 radical (unpaired) electrons. The van der Waals surface area contributed by atoms with E-state index in [9.17, 15) is 4.79 Å². The van der Waals surface area contributed by atoms with Gasteiger partial charge in [0.15, 0.2) is 0 Å². The standard InChI is InChI=1S/C15H18N2O2/c1-10-8-14(11(2)19-10)15(18)17-13-6-4-12(5-7-13)9-16-3/h4-8,16H,9H2,1-3H3,(H,17,18). The van der Waals surface area contributed by atoms with Gasteiger partial charge >= 0.3 is 0 Å². The number of anilines is 1. The molecule has 1 heterocycles. The van der Waals surface area contributed by atoms with Gasteiger partial charge in [0.05, 0.1) is 5.56 Å². The minimum absolute atomic E-state index is 0.143. The van der Waals surface area contributed by atoms with Crippen LogP contribution in [0, 0.1) is 13.8 Å². The number of aryl methyl sites for hydroxylation is 2. The van der Waals surface area contributed by atoms with E-state index in [0.717, 1.165) is 18.0 Å². The number of rotatable bonds is 4. The van der Waals surface area contributed by atoms with Crippen LogP contribution in [0.5, 0.6) is 0 Å². The van der Waals surface area contributed by atoms with E-state index in [1.165, 1.54) is 5.56 Å². The summed E-state index contributed by atoms with van der Waals surface area (Å²) in [6.07, 6.45) is 0. The zero-order chi connectivity index (χ0) is 13.8. The van der Waals surface area contributed by atoms with Gasteiger partial charge in [-0.15, -0.1) is 0 Å². The monoisotopic (exact) mass is 258 g/mol. The highest BCUT2D eigenvalue weighted by molar-refractivity contribution is 6.05. The molecule has 4 nitrogen and oxygen atoms in total. The number of carbonyl (C=O) groups excluding carboxylic acids is 1. The second-order valence-electron chi connectivity index (χ2n) is 4.51. The molecule has 2 rings (SSSR count). The van der Waals surface area contributed by atoms with Crippen LogP contribution < -0.4 is 10.6 Å². The van der Waals surface area contributed by atoms with E-state index in [0.29, 0.717) is 11.3 Å². The third-order valence-corrected chi connectivity index (χ3v) is 2.88.